The van der Waals surface area contributed by atoms with Gasteiger partial charge in [0.2, 0.25) is 5.91 Å². The summed E-state index contributed by atoms with van der Waals surface area (Å²) >= 11 is 1.06. The molecule has 2 aromatic carbocycles. The summed E-state index contributed by atoms with van der Waals surface area (Å²) in [5, 5.41) is 0. The Morgan fingerprint density at radius 3 is 2.57 bits per heavy atom. The molecule has 0 fully saturated rings. The first-order valence-electron chi connectivity index (χ1n) is 8.58. The van der Waals surface area contributed by atoms with Crippen molar-refractivity contribution in [3.8, 4) is 5.75 Å². The van der Waals surface area contributed by atoms with Crippen molar-refractivity contribution in [2.75, 3.05) is 4.90 Å². The van der Waals surface area contributed by atoms with E-state index in [2.05, 4.69) is 4.74 Å². The summed E-state index contributed by atoms with van der Waals surface area (Å²) in [5.74, 6) is -0.0298. The van der Waals surface area contributed by atoms with E-state index in [1.54, 1.807) is 36.2 Å². The highest BCUT2D eigenvalue weighted by molar-refractivity contribution is 7.10. The van der Waals surface area contributed by atoms with Gasteiger partial charge < -0.3 is 4.74 Å². The molecule has 0 radical (unpaired) electrons. The maximum Gasteiger partial charge on any atom is 0.387 e. The molecule has 0 spiro atoms. The zero-order valence-electron chi connectivity index (χ0n) is 14.8. The van der Waals surface area contributed by atoms with Gasteiger partial charge in [-0.25, -0.2) is 0 Å². The Balaban J connectivity index is 1.83. The molecule has 5 nitrogen and oxygen atoms in total. The highest BCUT2D eigenvalue weighted by Gasteiger charge is 2.37. The molecule has 0 saturated heterocycles. The number of carbonyl (C=O) groups is 1. The fourth-order valence-electron chi connectivity index (χ4n) is 3.44. The summed E-state index contributed by atoms with van der Waals surface area (Å²) in [5.41, 5.74) is 1.33. The molecule has 144 valence electrons. The van der Waals surface area contributed by atoms with Gasteiger partial charge in [-0.15, -0.1) is 0 Å². The van der Waals surface area contributed by atoms with Crippen LogP contribution in [-0.4, -0.2) is 17.1 Å². The van der Waals surface area contributed by atoms with Crippen molar-refractivity contribution in [3.63, 3.8) is 0 Å². The minimum absolute atomic E-state index is 0.0234. The molecule has 1 aliphatic heterocycles. The second-order valence-corrected chi connectivity index (χ2v) is 7.38. The maximum atomic E-state index is 13.0. The first-order valence-corrected chi connectivity index (χ1v) is 9.40. The summed E-state index contributed by atoms with van der Waals surface area (Å²) in [7, 11) is 1.62. The number of thiazole rings is 1. The molecular formula is C20H16F2N2O3S. The van der Waals surface area contributed by atoms with E-state index < -0.39 is 12.5 Å². The van der Waals surface area contributed by atoms with Crippen molar-refractivity contribution in [1.82, 2.24) is 4.57 Å². The Morgan fingerprint density at radius 2 is 1.86 bits per heavy atom. The third-order valence-electron chi connectivity index (χ3n) is 4.67. The molecule has 2 heterocycles. The second kappa shape index (κ2) is 7.20. The molecule has 28 heavy (non-hydrogen) atoms. The van der Waals surface area contributed by atoms with E-state index in [9.17, 15) is 18.4 Å². The number of alkyl halides is 2. The number of benzene rings is 2. The summed E-state index contributed by atoms with van der Waals surface area (Å²) in [6, 6.07) is 15.4. The van der Waals surface area contributed by atoms with Gasteiger partial charge >= 0.3 is 11.5 Å². The number of hydrogen-bond acceptors (Lipinski definition) is 4. The molecule has 0 unspecified atom stereocenters. The first-order chi connectivity index (χ1) is 13.5. The summed E-state index contributed by atoms with van der Waals surface area (Å²) < 4.78 is 31.1. The van der Waals surface area contributed by atoms with Crippen LogP contribution < -0.4 is 14.5 Å². The highest BCUT2D eigenvalue weighted by atomic mass is 32.1. The second-order valence-electron chi connectivity index (χ2n) is 6.39. The van der Waals surface area contributed by atoms with E-state index >= 15 is 0 Å². The Labute approximate surface area is 163 Å². The summed E-state index contributed by atoms with van der Waals surface area (Å²) in [4.78, 5) is 27.5. The van der Waals surface area contributed by atoms with Crippen LogP contribution in [0, 0.1) is 0 Å². The standard InChI is InChI=1S/C20H16F2N2O3S/c1-23-18-17(28-20(23)26)15(12-6-5-9-14(10-12)27-19(21)22)11-16(25)24(18)13-7-3-2-4-8-13/h2-10,15,19H,11H2,1H3/t15-/m0/s1. The number of hydrogen-bond donors (Lipinski definition) is 0. The molecule has 0 saturated carbocycles. The minimum Gasteiger partial charge on any atom is -0.435 e. The Morgan fingerprint density at radius 1 is 1.11 bits per heavy atom. The number of ether oxygens (including phenoxy) is 1. The predicted molar refractivity (Wildman–Crippen MR) is 103 cm³/mol. The van der Waals surface area contributed by atoms with Crippen molar-refractivity contribution in [2.45, 2.75) is 19.0 Å². The smallest absolute Gasteiger partial charge is 0.387 e. The molecule has 0 aliphatic carbocycles. The van der Waals surface area contributed by atoms with Crippen LogP contribution >= 0.6 is 11.3 Å². The highest BCUT2D eigenvalue weighted by Crippen LogP contribution is 2.44. The quantitative estimate of drug-likeness (QED) is 0.656. The van der Waals surface area contributed by atoms with Crippen molar-refractivity contribution in [3.05, 3.63) is 74.7 Å². The molecule has 1 amide bonds. The van der Waals surface area contributed by atoms with Crippen LogP contribution in [0.2, 0.25) is 0 Å². The molecule has 0 bridgehead atoms. The van der Waals surface area contributed by atoms with Gasteiger partial charge in [-0.1, -0.05) is 41.7 Å². The maximum absolute atomic E-state index is 13.0. The molecular weight excluding hydrogens is 386 g/mol. The molecule has 1 aromatic heterocycles. The van der Waals surface area contributed by atoms with Crippen LogP contribution in [0.15, 0.2) is 59.4 Å². The monoisotopic (exact) mass is 402 g/mol. The van der Waals surface area contributed by atoms with Crippen LogP contribution in [0.1, 0.15) is 22.8 Å². The lowest BCUT2D eigenvalue weighted by molar-refractivity contribution is -0.118. The Kier molecular flexibility index (Phi) is 4.72. The minimum atomic E-state index is -2.93. The average Bonchev–Trinajstić information content (AvgIpc) is 2.96. The number of anilines is 2. The zero-order valence-corrected chi connectivity index (χ0v) is 15.7. The molecule has 4 rings (SSSR count). The molecule has 3 aromatic rings. The van der Waals surface area contributed by atoms with Crippen LogP contribution in [-0.2, 0) is 11.8 Å². The number of rotatable bonds is 4. The molecule has 8 heteroatoms. The largest absolute Gasteiger partial charge is 0.435 e. The third-order valence-corrected chi connectivity index (χ3v) is 5.80. The van der Waals surface area contributed by atoms with Crippen LogP contribution in [0.5, 0.6) is 5.75 Å². The molecule has 1 aliphatic rings. The zero-order chi connectivity index (χ0) is 19.8. The van der Waals surface area contributed by atoms with Gasteiger partial charge in [0, 0.05) is 19.4 Å². The van der Waals surface area contributed by atoms with Crippen LogP contribution in [0.4, 0.5) is 20.3 Å². The normalized spacial score (nSPS) is 16.4. The number of carbonyl (C=O) groups excluding carboxylic acids is 1. The van der Waals surface area contributed by atoms with Gasteiger partial charge in [0.1, 0.15) is 11.6 Å². The van der Waals surface area contributed by atoms with E-state index in [1.165, 1.54) is 16.7 Å². The first kappa shape index (κ1) is 18.4. The van der Waals surface area contributed by atoms with E-state index in [-0.39, 0.29) is 23.0 Å². The number of halogens is 2. The third kappa shape index (κ3) is 3.20. The molecule has 1 atom stereocenters. The van der Waals surface area contributed by atoms with Gasteiger partial charge in [0.15, 0.2) is 0 Å². The van der Waals surface area contributed by atoms with Gasteiger partial charge in [0.05, 0.1) is 10.6 Å². The topological polar surface area (TPSA) is 51.5 Å². The fraction of sp³-hybridized carbons (Fsp3) is 0.200. The Bertz CT molecular complexity index is 1080. The number of aromatic nitrogens is 1. The lowest BCUT2D eigenvalue weighted by Gasteiger charge is -2.32. The number of para-hydroxylation sites is 1. The fourth-order valence-corrected chi connectivity index (χ4v) is 4.54. The number of nitrogens with zero attached hydrogens (tertiary/aromatic N) is 2. The van der Waals surface area contributed by atoms with Crippen molar-refractivity contribution in [2.24, 2.45) is 7.05 Å². The van der Waals surface area contributed by atoms with Crippen molar-refractivity contribution < 1.29 is 18.3 Å². The van der Waals surface area contributed by atoms with E-state index in [0.29, 0.717) is 17.1 Å². The lowest BCUT2D eigenvalue weighted by atomic mass is 9.90. The average molecular weight is 402 g/mol. The SMILES string of the molecule is Cn1c2c(sc1=O)[C@H](c1cccc(OC(F)F)c1)CC(=O)N2c1ccccc1. The van der Waals surface area contributed by atoms with E-state index in [0.717, 1.165) is 16.2 Å². The predicted octanol–water partition coefficient (Wildman–Crippen LogP) is 4.25. The van der Waals surface area contributed by atoms with Crippen molar-refractivity contribution >= 4 is 28.7 Å². The number of fused-ring (bicyclic) bond motifs is 1. The van der Waals surface area contributed by atoms with Gasteiger partial charge in [-0.2, -0.15) is 8.78 Å². The summed E-state index contributed by atoms with van der Waals surface area (Å²) in [6.45, 7) is -2.93. The van der Waals surface area contributed by atoms with Crippen LogP contribution in [0.3, 0.4) is 0 Å². The van der Waals surface area contributed by atoms with Gasteiger partial charge in [-0.3, -0.25) is 19.1 Å². The lowest BCUT2D eigenvalue weighted by Crippen LogP contribution is -2.34. The van der Waals surface area contributed by atoms with Crippen molar-refractivity contribution in [1.29, 1.82) is 0 Å². The van der Waals surface area contributed by atoms with E-state index in [4.69, 9.17) is 0 Å². The Hall–Kier alpha value is -3.00. The van der Waals surface area contributed by atoms with Gasteiger partial charge in [0.25, 0.3) is 0 Å². The van der Waals surface area contributed by atoms with Gasteiger partial charge in [-0.05, 0) is 29.8 Å². The van der Waals surface area contributed by atoms with Crippen LogP contribution in [0.25, 0.3) is 0 Å². The number of amides is 1. The summed E-state index contributed by atoms with van der Waals surface area (Å²) in [6.07, 6.45) is 0.125. The molecule has 0 N–H and O–H groups in total. The van der Waals surface area contributed by atoms with E-state index in [1.807, 2.05) is 18.2 Å².